The Hall–Kier alpha value is -4.69. The molecule has 1 amide bonds. The van der Waals surface area contributed by atoms with Crippen molar-refractivity contribution in [1.82, 2.24) is 30.1 Å². The lowest BCUT2D eigenvalue weighted by Gasteiger charge is -2.38. The molecule has 1 fully saturated rings. The summed E-state index contributed by atoms with van der Waals surface area (Å²) in [7, 11) is 0. The van der Waals surface area contributed by atoms with E-state index in [0.29, 0.717) is 38.3 Å². The number of pyridine rings is 1. The Labute approximate surface area is 225 Å². The third-order valence-corrected chi connectivity index (χ3v) is 7.27. The van der Waals surface area contributed by atoms with Gasteiger partial charge in [0.25, 0.3) is 5.92 Å². The third-order valence-electron chi connectivity index (χ3n) is 6.25. The van der Waals surface area contributed by atoms with Gasteiger partial charge in [-0.15, -0.1) is 10.2 Å². The number of fused-ring (bicyclic) bond motifs is 1. The van der Waals surface area contributed by atoms with E-state index in [-0.39, 0.29) is 13.0 Å². The van der Waals surface area contributed by atoms with Crippen LogP contribution in [0, 0.1) is 22.7 Å². The Morgan fingerprint density at radius 3 is 2.79 bits per heavy atom. The number of rotatable bonds is 6. The van der Waals surface area contributed by atoms with Crippen LogP contribution in [0.2, 0.25) is 0 Å². The molecule has 0 saturated carbocycles. The summed E-state index contributed by atoms with van der Waals surface area (Å²) < 4.78 is 31.1. The molecule has 14 heteroatoms. The fourth-order valence-electron chi connectivity index (χ4n) is 4.38. The monoisotopic (exact) mass is 548 g/mol. The molecule has 2 N–H and O–H groups in total. The summed E-state index contributed by atoms with van der Waals surface area (Å²) in [6.45, 7) is 2.61. The molecule has 4 aromatic rings. The van der Waals surface area contributed by atoms with Crippen molar-refractivity contribution in [2.24, 2.45) is 0 Å². The van der Waals surface area contributed by atoms with Gasteiger partial charge in [-0.05, 0) is 37.6 Å². The molecule has 1 aliphatic rings. The smallest absolute Gasteiger partial charge is 0.285 e. The minimum absolute atomic E-state index is 0.0689. The van der Waals surface area contributed by atoms with Crippen molar-refractivity contribution in [1.29, 1.82) is 10.5 Å². The normalized spacial score (nSPS) is 17.3. The maximum atomic E-state index is 14.7. The van der Waals surface area contributed by atoms with Crippen molar-refractivity contribution in [3.63, 3.8) is 0 Å². The van der Waals surface area contributed by atoms with Gasteiger partial charge in [0.1, 0.15) is 12.1 Å². The maximum absolute atomic E-state index is 14.7. The van der Waals surface area contributed by atoms with Crippen LogP contribution in [0.1, 0.15) is 25.8 Å². The number of carbonyl (C=O) groups excluding carboxylic acids is 1. The van der Waals surface area contributed by atoms with Gasteiger partial charge in [-0.3, -0.25) is 9.78 Å². The van der Waals surface area contributed by atoms with E-state index >= 15 is 0 Å². The zero-order valence-electron chi connectivity index (χ0n) is 20.9. The predicted molar refractivity (Wildman–Crippen MR) is 140 cm³/mol. The molecular weight excluding hydrogens is 526 g/mol. The quantitative estimate of drug-likeness (QED) is 0.369. The molecular formula is C25H22F2N10OS. The third kappa shape index (κ3) is 5.19. The molecule has 0 aromatic carbocycles. The Morgan fingerprint density at radius 1 is 1.26 bits per heavy atom. The number of halogens is 2. The second-order valence-corrected chi connectivity index (χ2v) is 10.1. The van der Waals surface area contributed by atoms with Crippen molar-refractivity contribution >= 4 is 33.6 Å². The van der Waals surface area contributed by atoms with Crippen molar-refractivity contribution in [3.8, 4) is 34.1 Å². The number of alkyl halides is 2. The zero-order valence-corrected chi connectivity index (χ0v) is 21.7. The summed E-state index contributed by atoms with van der Waals surface area (Å²) in [6, 6.07) is 9.56. The van der Waals surface area contributed by atoms with Crippen molar-refractivity contribution in [2.45, 2.75) is 38.3 Å². The Kier molecular flexibility index (Phi) is 6.80. The molecule has 1 aliphatic heterocycles. The summed E-state index contributed by atoms with van der Waals surface area (Å²) in [5.74, 6) is -3.62. The maximum Gasteiger partial charge on any atom is 0.285 e. The van der Waals surface area contributed by atoms with Gasteiger partial charge in [0.2, 0.25) is 11.0 Å². The van der Waals surface area contributed by atoms with Gasteiger partial charge in [0, 0.05) is 25.4 Å². The van der Waals surface area contributed by atoms with E-state index in [2.05, 4.69) is 43.1 Å². The molecule has 11 nitrogen and oxygen atoms in total. The second kappa shape index (κ2) is 10.2. The molecule has 4 aromatic heterocycles. The van der Waals surface area contributed by atoms with Crippen LogP contribution in [0.4, 0.5) is 19.6 Å². The van der Waals surface area contributed by atoms with Crippen LogP contribution in [0.15, 0.2) is 36.7 Å². The van der Waals surface area contributed by atoms with Gasteiger partial charge in [0.05, 0.1) is 52.9 Å². The van der Waals surface area contributed by atoms with Crippen LogP contribution in [0.5, 0.6) is 0 Å². The van der Waals surface area contributed by atoms with E-state index in [1.807, 2.05) is 12.1 Å². The van der Waals surface area contributed by atoms with Crippen molar-refractivity contribution in [3.05, 3.63) is 42.2 Å². The first-order valence-corrected chi connectivity index (χ1v) is 12.8. The lowest BCUT2D eigenvalue weighted by atomic mass is 10.0. The molecule has 0 radical (unpaired) electrons. The van der Waals surface area contributed by atoms with Gasteiger partial charge in [-0.2, -0.15) is 15.6 Å². The Morgan fingerprint density at radius 2 is 2.08 bits per heavy atom. The van der Waals surface area contributed by atoms with Gasteiger partial charge in [-0.1, -0.05) is 11.3 Å². The topological polar surface area (TPSA) is 148 Å². The molecule has 1 saturated heterocycles. The molecule has 0 bridgehead atoms. The summed E-state index contributed by atoms with van der Waals surface area (Å²) in [4.78, 5) is 17.3. The number of anilines is 2. The van der Waals surface area contributed by atoms with Gasteiger partial charge in [-0.25, -0.2) is 13.3 Å². The molecule has 5 rings (SSSR count). The number of piperidine rings is 1. The Balaban J connectivity index is 1.46. The first kappa shape index (κ1) is 25.9. The van der Waals surface area contributed by atoms with Crippen molar-refractivity contribution in [2.75, 3.05) is 23.3 Å². The lowest BCUT2D eigenvalue weighted by Crippen LogP contribution is -2.58. The minimum atomic E-state index is -3.13. The highest BCUT2D eigenvalue weighted by Crippen LogP contribution is 2.38. The minimum Gasteiger partial charge on any atom is -0.369 e. The average molecular weight is 549 g/mol. The number of aromatic nitrogens is 5. The standard InChI is InChI=1S/C25H22F2N10OS/c1-14(9-28)32-19-8-20(21-4-3-17-7-16(10-29)11-31-37(17)21)30-12-18(19)23-34-35-24(39-23)36-6-5-22(33-15(2)38)25(26,27)13-36/h3-4,7-8,11-12,14,22H,5-6,13H2,1-2H3,(H,30,32)(H,33,38)/t14?,22-/m0/s1. The predicted octanol–water partition coefficient (Wildman–Crippen LogP) is 3.46. The molecule has 198 valence electrons. The van der Waals surface area contributed by atoms with E-state index in [4.69, 9.17) is 5.26 Å². The van der Waals surface area contributed by atoms with Gasteiger partial charge >= 0.3 is 0 Å². The van der Waals surface area contributed by atoms with Crippen molar-refractivity contribution < 1.29 is 13.6 Å². The number of amides is 1. The lowest BCUT2D eigenvalue weighted by molar-refractivity contribution is -0.124. The van der Waals surface area contributed by atoms with Crippen LogP contribution in [-0.4, -0.2) is 61.8 Å². The fourth-order valence-corrected chi connectivity index (χ4v) is 5.28. The summed E-state index contributed by atoms with van der Waals surface area (Å²) in [5.41, 5.74) is 3.52. The fraction of sp³-hybridized carbons (Fsp3) is 0.320. The summed E-state index contributed by atoms with van der Waals surface area (Å²) in [6.07, 6.45) is 3.12. The molecule has 0 aliphatic carbocycles. The zero-order chi connectivity index (χ0) is 27.7. The van der Waals surface area contributed by atoms with Crippen LogP contribution in [0.3, 0.4) is 0 Å². The molecule has 2 atom stereocenters. The first-order chi connectivity index (χ1) is 18.7. The van der Waals surface area contributed by atoms with Crippen LogP contribution >= 0.6 is 11.3 Å². The second-order valence-electron chi connectivity index (χ2n) is 9.14. The molecule has 0 spiro atoms. The van der Waals surface area contributed by atoms with E-state index in [1.165, 1.54) is 18.0 Å². The highest BCUT2D eigenvalue weighted by molar-refractivity contribution is 7.18. The SMILES string of the molecule is CC(=O)N[C@H]1CCN(c2nnc(-c3cnc(-c4ccc5cc(C#N)cnn45)cc3NC(C)C#N)s2)CC1(F)F. The molecule has 39 heavy (non-hydrogen) atoms. The summed E-state index contributed by atoms with van der Waals surface area (Å²) >= 11 is 1.14. The number of nitriles is 2. The number of nitrogens with one attached hydrogen (secondary N) is 2. The summed E-state index contributed by atoms with van der Waals surface area (Å²) in [5, 5.41) is 37.5. The average Bonchev–Trinajstić information content (AvgIpc) is 3.56. The van der Waals surface area contributed by atoms with Crippen LogP contribution < -0.4 is 15.5 Å². The van der Waals surface area contributed by atoms with E-state index in [9.17, 15) is 18.8 Å². The van der Waals surface area contributed by atoms with E-state index < -0.39 is 30.5 Å². The number of hydrogen-bond donors (Lipinski definition) is 2. The molecule has 5 heterocycles. The number of nitrogens with zero attached hydrogens (tertiary/aromatic N) is 8. The van der Waals surface area contributed by atoms with Crippen LogP contribution in [-0.2, 0) is 4.79 Å². The highest BCUT2D eigenvalue weighted by Gasteiger charge is 2.45. The number of carbonyl (C=O) groups is 1. The van der Waals surface area contributed by atoms with E-state index in [1.54, 1.807) is 29.8 Å². The highest BCUT2D eigenvalue weighted by atomic mass is 32.1. The van der Waals surface area contributed by atoms with Gasteiger partial charge in [0.15, 0.2) is 5.01 Å². The van der Waals surface area contributed by atoms with Gasteiger partial charge < -0.3 is 15.5 Å². The van der Waals surface area contributed by atoms with Crippen LogP contribution in [0.25, 0.3) is 27.5 Å². The Bertz CT molecular complexity index is 1640. The first-order valence-electron chi connectivity index (χ1n) is 12.0. The number of hydrogen-bond acceptors (Lipinski definition) is 10. The largest absolute Gasteiger partial charge is 0.369 e. The molecule has 1 unspecified atom stereocenters. The van der Waals surface area contributed by atoms with E-state index in [0.717, 1.165) is 16.9 Å².